The van der Waals surface area contributed by atoms with E-state index in [0.29, 0.717) is 18.8 Å². The molecule has 1 fully saturated rings. The zero-order chi connectivity index (χ0) is 13.0. The smallest absolute Gasteiger partial charge is 0.251 e. The molecule has 0 spiro atoms. The van der Waals surface area contributed by atoms with Gasteiger partial charge in [-0.25, -0.2) is 0 Å². The predicted molar refractivity (Wildman–Crippen MR) is 66.1 cm³/mol. The Labute approximate surface area is 106 Å². The first-order chi connectivity index (χ1) is 8.66. The molecule has 1 aromatic carbocycles. The third-order valence-corrected chi connectivity index (χ3v) is 2.76. The lowest BCUT2D eigenvalue weighted by atomic mass is 10.2. The Hall–Kier alpha value is -1.88. The minimum atomic E-state index is -0.557. The molecule has 2 rings (SSSR count). The number of benzene rings is 1. The van der Waals surface area contributed by atoms with E-state index < -0.39 is 6.04 Å². The summed E-state index contributed by atoms with van der Waals surface area (Å²) in [6.45, 7) is 2.76. The Morgan fingerprint density at radius 1 is 1.28 bits per heavy atom. The van der Waals surface area contributed by atoms with Crippen LogP contribution in [0.5, 0.6) is 0 Å². The zero-order valence-electron chi connectivity index (χ0n) is 10.2. The lowest BCUT2D eigenvalue weighted by Gasteiger charge is -2.28. The molecule has 1 heterocycles. The maximum absolute atomic E-state index is 11.8. The van der Waals surface area contributed by atoms with Crippen molar-refractivity contribution in [2.45, 2.75) is 19.0 Å². The molecule has 96 valence electrons. The van der Waals surface area contributed by atoms with Crippen LogP contribution in [-0.2, 0) is 9.53 Å². The molecular formula is C13H16N2O3. The highest BCUT2D eigenvalue weighted by Gasteiger charge is 2.24. The summed E-state index contributed by atoms with van der Waals surface area (Å²) in [5, 5.41) is 5.45. The van der Waals surface area contributed by atoms with Gasteiger partial charge in [-0.1, -0.05) is 18.2 Å². The number of hydrogen-bond acceptors (Lipinski definition) is 3. The summed E-state index contributed by atoms with van der Waals surface area (Å²) < 4.78 is 4.96. The number of hydrogen-bond donors (Lipinski definition) is 2. The molecule has 18 heavy (non-hydrogen) atoms. The van der Waals surface area contributed by atoms with Gasteiger partial charge in [0.1, 0.15) is 6.04 Å². The second-order valence-corrected chi connectivity index (χ2v) is 4.30. The molecule has 0 aromatic heterocycles. The van der Waals surface area contributed by atoms with Crippen LogP contribution in [-0.4, -0.2) is 37.1 Å². The van der Waals surface area contributed by atoms with Crippen LogP contribution >= 0.6 is 0 Å². The highest BCUT2D eigenvalue weighted by atomic mass is 16.5. The molecule has 5 nitrogen and oxygen atoms in total. The van der Waals surface area contributed by atoms with Crippen LogP contribution in [0.25, 0.3) is 0 Å². The summed E-state index contributed by atoms with van der Waals surface area (Å²) in [6, 6.07) is 8.34. The Bertz CT molecular complexity index is 429. The summed E-state index contributed by atoms with van der Waals surface area (Å²) >= 11 is 0. The lowest BCUT2D eigenvalue weighted by molar-refractivity contribution is -0.126. The SMILES string of the molecule is CC(NC(=O)c1ccccc1)C(=O)NC1COC1. The number of carbonyl (C=O) groups excluding carboxylic acids is 2. The average molecular weight is 248 g/mol. The summed E-state index contributed by atoms with van der Waals surface area (Å²) in [7, 11) is 0. The fraction of sp³-hybridized carbons (Fsp3) is 0.385. The molecule has 1 aliphatic rings. The molecule has 2 amide bonds. The van der Waals surface area contributed by atoms with Gasteiger partial charge >= 0.3 is 0 Å². The van der Waals surface area contributed by atoms with E-state index in [9.17, 15) is 9.59 Å². The van der Waals surface area contributed by atoms with E-state index in [1.165, 1.54) is 0 Å². The first kappa shape index (κ1) is 12.6. The summed E-state index contributed by atoms with van der Waals surface area (Å²) in [5.41, 5.74) is 0.545. The number of carbonyl (C=O) groups is 2. The van der Waals surface area contributed by atoms with Crippen molar-refractivity contribution in [2.75, 3.05) is 13.2 Å². The van der Waals surface area contributed by atoms with Crippen molar-refractivity contribution in [1.29, 1.82) is 0 Å². The van der Waals surface area contributed by atoms with Gasteiger partial charge in [-0.2, -0.15) is 0 Å². The van der Waals surface area contributed by atoms with Gasteiger partial charge in [-0.05, 0) is 19.1 Å². The molecule has 2 N–H and O–H groups in total. The molecule has 1 unspecified atom stereocenters. The van der Waals surface area contributed by atoms with Gasteiger partial charge in [0.2, 0.25) is 5.91 Å². The maximum atomic E-state index is 11.8. The summed E-state index contributed by atoms with van der Waals surface area (Å²) in [4.78, 5) is 23.5. The molecule has 1 saturated heterocycles. The molecule has 1 aromatic rings. The van der Waals surface area contributed by atoms with E-state index in [1.807, 2.05) is 6.07 Å². The Morgan fingerprint density at radius 2 is 1.94 bits per heavy atom. The molecule has 0 radical (unpaired) electrons. The zero-order valence-corrected chi connectivity index (χ0v) is 10.2. The molecule has 0 bridgehead atoms. The normalized spacial score (nSPS) is 16.5. The van der Waals surface area contributed by atoms with Gasteiger partial charge in [0.05, 0.1) is 19.3 Å². The molecule has 1 atom stereocenters. The van der Waals surface area contributed by atoms with Crippen LogP contribution in [0.1, 0.15) is 17.3 Å². The predicted octanol–water partition coefficient (Wildman–Crippen LogP) is 0.320. The second-order valence-electron chi connectivity index (χ2n) is 4.30. The second kappa shape index (κ2) is 5.64. The van der Waals surface area contributed by atoms with Gasteiger partial charge in [0.25, 0.3) is 5.91 Å². The monoisotopic (exact) mass is 248 g/mol. The van der Waals surface area contributed by atoms with E-state index >= 15 is 0 Å². The van der Waals surface area contributed by atoms with Crippen molar-refractivity contribution in [3.8, 4) is 0 Å². The maximum Gasteiger partial charge on any atom is 0.251 e. The van der Waals surface area contributed by atoms with Gasteiger partial charge in [-0.3, -0.25) is 9.59 Å². The number of amides is 2. The van der Waals surface area contributed by atoms with E-state index in [-0.39, 0.29) is 17.9 Å². The molecule has 5 heteroatoms. The highest BCUT2D eigenvalue weighted by Crippen LogP contribution is 2.01. The highest BCUT2D eigenvalue weighted by molar-refractivity contribution is 5.97. The summed E-state index contributed by atoms with van der Waals surface area (Å²) in [5.74, 6) is -0.435. The Morgan fingerprint density at radius 3 is 2.50 bits per heavy atom. The lowest BCUT2D eigenvalue weighted by Crippen LogP contribution is -2.54. The van der Waals surface area contributed by atoms with Crippen molar-refractivity contribution < 1.29 is 14.3 Å². The van der Waals surface area contributed by atoms with Crippen molar-refractivity contribution in [2.24, 2.45) is 0 Å². The quantitative estimate of drug-likeness (QED) is 0.806. The van der Waals surface area contributed by atoms with Crippen LogP contribution in [0.15, 0.2) is 30.3 Å². The van der Waals surface area contributed by atoms with E-state index in [0.717, 1.165) is 0 Å². The number of rotatable bonds is 4. The van der Waals surface area contributed by atoms with Crippen LogP contribution in [0, 0.1) is 0 Å². The molecule has 0 aliphatic carbocycles. The van der Waals surface area contributed by atoms with Crippen LogP contribution in [0.3, 0.4) is 0 Å². The van der Waals surface area contributed by atoms with E-state index in [4.69, 9.17) is 4.74 Å². The van der Waals surface area contributed by atoms with Crippen LogP contribution in [0.2, 0.25) is 0 Å². The number of ether oxygens (including phenoxy) is 1. The van der Waals surface area contributed by atoms with Crippen molar-refractivity contribution in [3.63, 3.8) is 0 Å². The Kier molecular flexibility index (Phi) is 3.94. The fourth-order valence-corrected chi connectivity index (χ4v) is 1.58. The first-order valence-corrected chi connectivity index (χ1v) is 5.91. The van der Waals surface area contributed by atoms with E-state index in [2.05, 4.69) is 10.6 Å². The molecule has 0 saturated carbocycles. The van der Waals surface area contributed by atoms with Gasteiger partial charge in [-0.15, -0.1) is 0 Å². The third-order valence-electron chi connectivity index (χ3n) is 2.76. The minimum Gasteiger partial charge on any atom is -0.377 e. The molecular weight excluding hydrogens is 232 g/mol. The summed E-state index contributed by atoms with van der Waals surface area (Å²) in [6.07, 6.45) is 0. The van der Waals surface area contributed by atoms with E-state index in [1.54, 1.807) is 31.2 Å². The first-order valence-electron chi connectivity index (χ1n) is 5.91. The van der Waals surface area contributed by atoms with Crippen LogP contribution in [0.4, 0.5) is 0 Å². The number of nitrogens with one attached hydrogen (secondary N) is 2. The minimum absolute atomic E-state index is 0.0774. The third kappa shape index (κ3) is 3.07. The van der Waals surface area contributed by atoms with Crippen molar-refractivity contribution >= 4 is 11.8 Å². The van der Waals surface area contributed by atoms with Crippen LogP contribution < -0.4 is 10.6 Å². The van der Waals surface area contributed by atoms with Crippen molar-refractivity contribution in [3.05, 3.63) is 35.9 Å². The standard InChI is InChI=1S/C13H16N2O3/c1-9(12(16)15-11-7-18-8-11)14-13(17)10-5-3-2-4-6-10/h2-6,9,11H,7-8H2,1H3,(H,14,17)(H,15,16). The fourth-order valence-electron chi connectivity index (χ4n) is 1.58. The van der Waals surface area contributed by atoms with Gasteiger partial charge in [0, 0.05) is 5.56 Å². The van der Waals surface area contributed by atoms with Crippen molar-refractivity contribution in [1.82, 2.24) is 10.6 Å². The largest absolute Gasteiger partial charge is 0.377 e. The average Bonchev–Trinajstić information content (AvgIpc) is 2.34. The molecule has 1 aliphatic heterocycles. The van der Waals surface area contributed by atoms with Gasteiger partial charge in [0.15, 0.2) is 0 Å². The Balaban J connectivity index is 1.84. The topological polar surface area (TPSA) is 67.4 Å². The van der Waals surface area contributed by atoms with Gasteiger partial charge < -0.3 is 15.4 Å².